The predicted molar refractivity (Wildman–Crippen MR) is 82.4 cm³/mol. The Balaban J connectivity index is 3.11. The van der Waals surface area contributed by atoms with Crippen LogP contribution in [-0.4, -0.2) is 0 Å². The molecule has 0 spiro atoms. The van der Waals surface area contributed by atoms with Crippen LogP contribution in [0, 0.1) is 0 Å². The van der Waals surface area contributed by atoms with Crippen LogP contribution < -0.4 is 0 Å². The Labute approximate surface area is 114 Å². The minimum atomic E-state index is 1.25. The molecule has 0 heteroatoms. The van der Waals surface area contributed by atoms with E-state index in [1.165, 1.54) is 51.4 Å². The molecule has 18 heavy (non-hydrogen) atoms. The van der Waals surface area contributed by atoms with Gasteiger partial charge < -0.3 is 0 Å². The monoisotopic (exact) mass is 246 g/mol. The van der Waals surface area contributed by atoms with Gasteiger partial charge in [0.15, 0.2) is 0 Å². The van der Waals surface area contributed by atoms with Crippen molar-refractivity contribution < 1.29 is 0 Å². The van der Waals surface area contributed by atoms with E-state index < -0.39 is 0 Å². The summed E-state index contributed by atoms with van der Waals surface area (Å²) in [5, 5.41) is 0. The maximum absolute atomic E-state index is 2.52. The lowest BCUT2D eigenvalue weighted by molar-refractivity contribution is 0.823. The van der Waals surface area contributed by atoms with Crippen LogP contribution >= 0.6 is 0 Å². The van der Waals surface area contributed by atoms with E-state index in [9.17, 15) is 0 Å². The van der Waals surface area contributed by atoms with Crippen LogP contribution in [-0.2, 0) is 25.7 Å². The zero-order valence-electron chi connectivity index (χ0n) is 12.8. The van der Waals surface area contributed by atoms with E-state index >= 15 is 0 Å². The van der Waals surface area contributed by atoms with Gasteiger partial charge in [0.25, 0.3) is 0 Å². The van der Waals surface area contributed by atoms with Crippen molar-refractivity contribution in [1.29, 1.82) is 0 Å². The molecule has 102 valence electrons. The summed E-state index contributed by atoms with van der Waals surface area (Å²) in [4.78, 5) is 0. The summed E-state index contributed by atoms with van der Waals surface area (Å²) in [6.07, 6.45) is 10.0. The Morgan fingerprint density at radius 1 is 0.500 bits per heavy atom. The van der Waals surface area contributed by atoms with Crippen LogP contribution in [0.5, 0.6) is 0 Å². The fraction of sp³-hybridized carbons (Fsp3) is 0.667. The molecule has 0 saturated heterocycles. The Bertz CT molecular complexity index is 283. The first-order valence-electron chi connectivity index (χ1n) is 7.90. The summed E-state index contributed by atoms with van der Waals surface area (Å²) in [5.74, 6) is 0. The zero-order chi connectivity index (χ0) is 13.4. The van der Waals surface area contributed by atoms with Crippen LogP contribution in [0.2, 0.25) is 0 Å². The topological polar surface area (TPSA) is 0 Å². The average Bonchev–Trinajstić information content (AvgIpc) is 2.35. The molecule has 0 amide bonds. The first-order valence-corrected chi connectivity index (χ1v) is 7.90. The normalized spacial score (nSPS) is 10.9. The fourth-order valence-electron chi connectivity index (χ4n) is 2.80. The summed E-state index contributed by atoms with van der Waals surface area (Å²) in [6, 6.07) is 5.03. The maximum atomic E-state index is 2.52. The maximum Gasteiger partial charge on any atom is -0.0279 e. The highest BCUT2D eigenvalue weighted by molar-refractivity contribution is 5.39. The quantitative estimate of drug-likeness (QED) is 0.568. The van der Waals surface area contributed by atoms with E-state index in [0.29, 0.717) is 0 Å². The predicted octanol–water partition coefficient (Wildman–Crippen LogP) is 5.50. The van der Waals surface area contributed by atoms with Crippen LogP contribution in [0.4, 0.5) is 0 Å². The molecule has 0 aromatic heterocycles. The van der Waals surface area contributed by atoms with Crippen LogP contribution in [0.1, 0.15) is 75.6 Å². The summed E-state index contributed by atoms with van der Waals surface area (Å²) in [5.41, 5.74) is 6.45. The lowest BCUT2D eigenvalue weighted by Gasteiger charge is -2.15. The highest BCUT2D eigenvalue weighted by Gasteiger charge is 2.08. The van der Waals surface area contributed by atoms with Gasteiger partial charge in [-0.15, -0.1) is 0 Å². The van der Waals surface area contributed by atoms with Crippen molar-refractivity contribution in [2.45, 2.75) is 79.1 Å². The molecule has 0 bridgehead atoms. The van der Waals surface area contributed by atoms with Gasteiger partial charge in [-0.3, -0.25) is 0 Å². The van der Waals surface area contributed by atoms with Gasteiger partial charge in [-0.25, -0.2) is 0 Å². The largest absolute Gasteiger partial charge is 0.0651 e. The van der Waals surface area contributed by atoms with Gasteiger partial charge in [-0.05, 0) is 47.9 Å². The van der Waals surface area contributed by atoms with Crippen molar-refractivity contribution in [3.05, 3.63) is 34.4 Å². The SMILES string of the molecule is CCCc1cc(CCC)c(CCC)cc1CCC. The molecule has 0 radical (unpaired) electrons. The fourth-order valence-corrected chi connectivity index (χ4v) is 2.80. The number of benzene rings is 1. The molecule has 0 fully saturated rings. The number of aryl methyl sites for hydroxylation is 4. The Morgan fingerprint density at radius 2 is 0.722 bits per heavy atom. The first kappa shape index (κ1) is 15.3. The number of rotatable bonds is 8. The summed E-state index contributed by atoms with van der Waals surface area (Å²) < 4.78 is 0. The van der Waals surface area contributed by atoms with E-state index in [1.54, 1.807) is 22.3 Å². The molecule has 0 unspecified atom stereocenters. The minimum Gasteiger partial charge on any atom is -0.0651 e. The lowest BCUT2D eigenvalue weighted by atomic mass is 9.90. The average molecular weight is 246 g/mol. The van der Waals surface area contributed by atoms with Crippen molar-refractivity contribution in [3.8, 4) is 0 Å². The van der Waals surface area contributed by atoms with E-state index in [-0.39, 0.29) is 0 Å². The molecule has 0 saturated carbocycles. The van der Waals surface area contributed by atoms with Crippen molar-refractivity contribution in [2.75, 3.05) is 0 Å². The van der Waals surface area contributed by atoms with E-state index in [1.807, 2.05) is 0 Å². The van der Waals surface area contributed by atoms with Gasteiger partial charge in [0.1, 0.15) is 0 Å². The van der Waals surface area contributed by atoms with Gasteiger partial charge in [-0.2, -0.15) is 0 Å². The van der Waals surface area contributed by atoms with Crippen molar-refractivity contribution in [3.63, 3.8) is 0 Å². The molecule has 1 aromatic carbocycles. The molecule has 0 aliphatic carbocycles. The van der Waals surface area contributed by atoms with Gasteiger partial charge in [0, 0.05) is 0 Å². The highest BCUT2D eigenvalue weighted by atomic mass is 14.1. The molecule has 0 aliphatic heterocycles. The van der Waals surface area contributed by atoms with Crippen molar-refractivity contribution >= 4 is 0 Å². The molecule has 0 aliphatic rings. The smallest absolute Gasteiger partial charge is 0.0279 e. The molecule has 1 aromatic rings. The zero-order valence-corrected chi connectivity index (χ0v) is 12.8. The van der Waals surface area contributed by atoms with Crippen LogP contribution in [0.3, 0.4) is 0 Å². The van der Waals surface area contributed by atoms with Crippen molar-refractivity contribution in [1.82, 2.24) is 0 Å². The lowest BCUT2D eigenvalue weighted by Crippen LogP contribution is -2.02. The third-order valence-corrected chi connectivity index (χ3v) is 3.60. The van der Waals surface area contributed by atoms with E-state index in [0.717, 1.165) is 0 Å². The van der Waals surface area contributed by atoms with E-state index in [4.69, 9.17) is 0 Å². The Morgan fingerprint density at radius 3 is 0.889 bits per heavy atom. The molecular weight excluding hydrogens is 216 g/mol. The second kappa shape index (κ2) is 8.34. The minimum absolute atomic E-state index is 1.25. The molecule has 1 rings (SSSR count). The Hall–Kier alpha value is -0.780. The van der Waals surface area contributed by atoms with Crippen LogP contribution in [0.15, 0.2) is 12.1 Å². The number of hydrogen-bond donors (Lipinski definition) is 0. The molecule has 0 N–H and O–H groups in total. The van der Waals surface area contributed by atoms with E-state index in [2.05, 4.69) is 39.8 Å². The standard InChI is InChI=1S/C18H30/c1-5-9-15-13-17(11-7-3)18(12-8-4)14-16(15)10-6-2/h13-14H,5-12H2,1-4H3. The second-order valence-corrected chi connectivity index (χ2v) is 5.39. The molecular formula is C18H30. The highest BCUT2D eigenvalue weighted by Crippen LogP contribution is 2.22. The van der Waals surface area contributed by atoms with Crippen LogP contribution in [0.25, 0.3) is 0 Å². The summed E-state index contributed by atoms with van der Waals surface area (Å²) >= 11 is 0. The van der Waals surface area contributed by atoms with Gasteiger partial charge in [0.05, 0.1) is 0 Å². The second-order valence-electron chi connectivity index (χ2n) is 5.39. The Kier molecular flexibility index (Phi) is 7.08. The molecule has 0 heterocycles. The van der Waals surface area contributed by atoms with Gasteiger partial charge in [-0.1, -0.05) is 65.5 Å². The summed E-state index contributed by atoms with van der Waals surface area (Å²) in [6.45, 7) is 9.15. The van der Waals surface area contributed by atoms with Gasteiger partial charge in [0.2, 0.25) is 0 Å². The third kappa shape index (κ3) is 4.15. The molecule has 0 atom stereocenters. The molecule has 0 nitrogen and oxygen atoms in total. The van der Waals surface area contributed by atoms with Gasteiger partial charge >= 0.3 is 0 Å². The third-order valence-electron chi connectivity index (χ3n) is 3.60. The summed E-state index contributed by atoms with van der Waals surface area (Å²) in [7, 11) is 0. The van der Waals surface area contributed by atoms with Crippen molar-refractivity contribution in [2.24, 2.45) is 0 Å². The number of hydrogen-bond acceptors (Lipinski definition) is 0. The first-order chi connectivity index (χ1) is 8.76.